The second-order valence-electron chi connectivity index (χ2n) is 8.85. The molecule has 30 heavy (non-hydrogen) atoms. The minimum absolute atomic E-state index is 0. The Bertz CT molecular complexity index is 810. The molecule has 1 heterocycles. The second kappa shape index (κ2) is 9.69. The number of hydrogen-bond donors (Lipinski definition) is 2. The molecule has 1 aliphatic heterocycles. The second-order valence-corrected chi connectivity index (χ2v) is 8.85. The number of likely N-dealkylation sites (tertiary alicyclic amines) is 1. The van der Waals surface area contributed by atoms with Gasteiger partial charge in [0.2, 0.25) is 5.91 Å². The number of benzene rings is 1. The number of amides is 2. The van der Waals surface area contributed by atoms with Crippen LogP contribution in [0.3, 0.4) is 0 Å². The van der Waals surface area contributed by atoms with E-state index >= 15 is 0 Å². The molecule has 168 valence electrons. The lowest BCUT2D eigenvalue weighted by atomic mass is 9.80. The Labute approximate surface area is 180 Å². The molecular weight excluding hydrogens is 385 g/mol. The van der Waals surface area contributed by atoms with Crippen molar-refractivity contribution >= 4 is 17.6 Å². The molecule has 1 aromatic carbocycles. The number of halogens is 1. The van der Waals surface area contributed by atoms with E-state index in [1.54, 1.807) is 17.0 Å². The van der Waals surface area contributed by atoms with Crippen LogP contribution in [0.5, 0.6) is 0 Å². The van der Waals surface area contributed by atoms with Gasteiger partial charge < -0.3 is 16.0 Å². The summed E-state index contributed by atoms with van der Waals surface area (Å²) in [7, 11) is 0. The molecule has 1 aromatic rings. The van der Waals surface area contributed by atoms with Crippen LogP contribution in [0.15, 0.2) is 18.2 Å². The molecule has 0 radical (unpaired) electrons. The molecule has 7 heteroatoms. The summed E-state index contributed by atoms with van der Waals surface area (Å²) >= 11 is 0. The van der Waals surface area contributed by atoms with Crippen molar-refractivity contribution in [1.29, 1.82) is 0 Å². The smallest absolute Gasteiger partial charge is 0.254 e. The van der Waals surface area contributed by atoms with Crippen LogP contribution in [-0.2, 0) is 9.59 Å². The van der Waals surface area contributed by atoms with Gasteiger partial charge in [0.15, 0.2) is 5.78 Å². The quantitative estimate of drug-likeness (QED) is 0.708. The Morgan fingerprint density at radius 1 is 1.20 bits per heavy atom. The number of nitrogens with zero attached hydrogens (tertiary/aromatic N) is 1. The average Bonchev–Trinajstić information content (AvgIpc) is 2.71. The van der Waals surface area contributed by atoms with E-state index in [0.29, 0.717) is 13.1 Å². The maximum Gasteiger partial charge on any atom is 0.254 e. The van der Waals surface area contributed by atoms with Crippen LogP contribution < -0.4 is 11.1 Å². The lowest BCUT2D eigenvalue weighted by Gasteiger charge is -2.39. The molecular formula is C23H36FN3O3. The number of nitrogens with two attached hydrogens (primary N) is 1. The number of carbonyl (C=O) groups excluding carboxylic acids is 3. The molecule has 0 aromatic heterocycles. The Morgan fingerprint density at radius 2 is 1.87 bits per heavy atom. The first-order valence-electron chi connectivity index (χ1n) is 10.9. The summed E-state index contributed by atoms with van der Waals surface area (Å²) in [4.78, 5) is 39.0. The van der Waals surface area contributed by atoms with Crippen LogP contribution in [0.25, 0.3) is 0 Å². The van der Waals surface area contributed by atoms with Crippen LogP contribution in [0, 0.1) is 17.7 Å². The molecule has 3 rings (SSSR count). The van der Waals surface area contributed by atoms with E-state index in [4.69, 9.17) is 5.73 Å². The summed E-state index contributed by atoms with van der Waals surface area (Å²) in [5.74, 6) is -1.31. The third-order valence-electron chi connectivity index (χ3n) is 6.40. The van der Waals surface area contributed by atoms with E-state index in [1.165, 1.54) is 6.07 Å². The summed E-state index contributed by atoms with van der Waals surface area (Å²) in [6.07, 6.45) is 5.05. The lowest BCUT2D eigenvalue weighted by molar-refractivity contribution is -0.134. The molecule has 3 N–H and O–H groups in total. The predicted molar refractivity (Wildman–Crippen MR) is 117 cm³/mol. The monoisotopic (exact) mass is 421 g/mol. The highest BCUT2D eigenvalue weighted by Crippen LogP contribution is 2.30. The van der Waals surface area contributed by atoms with Crippen LogP contribution >= 0.6 is 0 Å². The van der Waals surface area contributed by atoms with Crippen molar-refractivity contribution in [3.05, 3.63) is 35.1 Å². The van der Waals surface area contributed by atoms with Crippen molar-refractivity contribution in [3.63, 3.8) is 0 Å². The highest BCUT2D eigenvalue weighted by atomic mass is 19.1. The number of hydrogen-bond acceptors (Lipinski definition) is 4. The van der Waals surface area contributed by atoms with Gasteiger partial charge >= 0.3 is 0 Å². The fourth-order valence-corrected chi connectivity index (χ4v) is 4.46. The largest absolute Gasteiger partial charge is 0.342 e. The summed E-state index contributed by atoms with van der Waals surface area (Å²) in [5, 5.41) is 2.85. The number of rotatable bonds is 7. The van der Waals surface area contributed by atoms with Gasteiger partial charge in [-0.15, -0.1) is 0 Å². The Balaban J connectivity index is 0.00000256. The average molecular weight is 422 g/mol. The Hall–Kier alpha value is -2.28. The van der Waals surface area contributed by atoms with E-state index < -0.39 is 17.8 Å². The van der Waals surface area contributed by atoms with Gasteiger partial charge in [-0.25, -0.2) is 4.39 Å². The van der Waals surface area contributed by atoms with Crippen LogP contribution in [0.1, 0.15) is 70.6 Å². The molecule has 2 fully saturated rings. The summed E-state index contributed by atoms with van der Waals surface area (Å²) in [6.45, 7) is 4.65. The molecule has 6 nitrogen and oxygen atoms in total. The van der Waals surface area contributed by atoms with Crippen LogP contribution in [0.4, 0.5) is 4.39 Å². The first kappa shape index (κ1) is 22.4. The molecule has 1 saturated carbocycles. The van der Waals surface area contributed by atoms with Gasteiger partial charge in [-0.3, -0.25) is 14.4 Å². The number of Topliss-reactive ketones (excluding diaryl/α,β-unsaturated/α-hetero) is 1. The third-order valence-corrected chi connectivity index (χ3v) is 6.40. The summed E-state index contributed by atoms with van der Waals surface area (Å²) in [6, 6.07) is 3.91. The van der Waals surface area contributed by atoms with Gasteiger partial charge in [0.1, 0.15) is 5.82 Å². The van der Waals surface area contributed by atoms with Gasteiger partial charge in [0.25, 0.3) is 5.91 Å². The normalized spacial score (nSPS) is 18.8. The van der Waals surface area contributed by atoms with Crippen molar-refractivity contribution in [2.24, 2.45) is 17.6 Å². The topological polar surface area (TPSA) is 92.5 Å². The van der Waals surface area contributed by atoms with E-state index in [2.05, 4.69) is 5.32 Å². The SMILES string of the molecule is CC(C)C(=O)[C@H](NC(=O)c1cc(C2CN(C(=O)CN)C2)ccc1F)C1CCCCC1.[HH].[HH]. The van der Waals surface area contributed by atoms with Crippen molar-refractivity contribution in [2.75, 3.05) is 19.6 Å². The third kappa shape index (κ3) is 4.89. The summed E-state index contributed by atoms with van der Waals surface area (Å²) in [5.41, 5.74) is 6.15. The molecule has 2 amide bonds. The maximum absolute atomic E-state index is 14.5. The van der Waals surface area contributed by atoms with Gasteiger partial charge in [-0.1, -0.05) is 39.2 Å². The first-order valence-corrected chi connectivity index (χ1v) is 10.9. The standard InChI is InChI=1S/C23H32FN3O3.2H2/c1-14(2)22(29)21(15-6-4-3-5-7-15)26-23(30)18-10-16(8-9-19(18)24)17-12-27(13-17)20(28)11-25;;/h8-10,14-15,17,21H,3-7,11-13,25H2,1-2H3,(H,26,30);2*1H/t21-;;/m1../s1. The Morgan fingerprint density at radius 3 is 2.47 bits per heavy atom. The van der Waals surface area contributed by atoms with Crippen molar-refractivity contribution < 1.29 is 21.6 Å². The summed E-state index contributed by atoms with van der Waals surface area (Å²) < 4.78 is 14.5. The van der Waals surface area contributed by atoms with E-state index in [0.717, 1.165) is 37.7 Å². The van der Waals surface area contributed by atoms with Crippen molar-refractivity contribution in [2.45, 2.75) is 57.9 Å². The van der Waals surface area contributed by atoms with Gasteiger partial charge in [-0.2, -0.15) is 0 Å². The molecule has 0 bridgehead atoms. The molecule has 1 aliphatic carbocycles. The lowest BCUT2D eigenvalue weighted by Crippen LogP contribution is -2.50. The molecule has 0 unspecified atom stereocenters. The zero-order valence-corrected chi connectivity index (χ0v) is 17.8. The minimum Gasteiger partial charge on any atom is -0.342 e. The van der Waals surface area contributed by atoms with Gasteiger partial charge in [-0.05, 0) is 36.5 Å². The first-order chi connectivity index (χ1) is 14.3. The zero-order valence-electron chi connectivity index (χ0n) is 17.8. The number of ketones is 1. The van der Waals surface area contributed by atoms with E-state index in [9.17, 15) is 18.8 Å². The molecule has 2 aliphatic rings. The molecule has 1 saturated heterocycles. The minimum atomic E-state index is -0.607. The number of carbonyl (C=O) groups is 3. The van der Waals surface area contributed by atoms with E-state index in [-0.39, 0.29) is 44.4 Å². The highest BCUT2D eigenvalue weighted by molar-refractivity contribution is 5.98. The predicted octanol–water partition coefficient (Wildman–Crippen LogP) is 3.11. The van der Waals surface area contributed by atoms with Crippen molar-refractivity contribution in [3.8, 4) is 0 Å². The maximum atomic E-state index is 14.5. The fraction of sp³-hybridized carbons (Fsp3) is 0.609. The zero-order chi connectivity index (χ0) is 21.8. The van der Waals surface area contributed by atoms with Crippen molar-refractivity contribution in [1.82, 2.24) is 10.2 Å². The fourth-order valence-electron chi connectivity index (χ4n) is 4.46. The Kier molecular flexibility index (Phi) is 7.23. The van der Waals surface area contributed by atoms with Crippen LogP contribution in [0.2, 0.25) is 0 Å². The molecule has 1 atom stereocenters. The number of nitrogens with one attached hydrogen (secondary N) is 1. The highest BCUT2D eigenvalue weighted by Gasteiger charge is 2.34. The van der Waals surface area contributed by atoms with Gasteiger partial charge in [0.05, 0.1) is 18.2 Å². The van der Waals surface area contributed by atoms with Crippen LogP contribution in [-0.4, -0.2) is 48.2 Å². The molecule has 0 spiro atoms. The van der Waals surface area contributed by atoms with E-state index in [1.807, 2.05) is 13.8 Å². The van der Waals surface area contributed by atoms with Gasteiger partial charge in [0, 0.05) is 27.8 Å².